The lowest BCUT2D eigenvalue weighted by atomic mass is 10.1. The smallest absolute Gasteiger partial charge is 0.244 e. The number of sulfonamides is 1. The molecule has 30 heavy (non-hydrogen) atoms. The fraction of sp³-hybridized carbons (Fsp3) is 0.300. The Morgan fingerprint density at radius 2 is 1.73 bits per heavy atom. The molecule has 0 aromatic heterocycles. The van der Waals surface area contributed by atoms with Crippen molar-refractivity contribution < 1.29 is 22.4 Å². The van der Waals surface area contributed by atoms with Crippen LogP contribution in [0.25, 0.3) is 0 Å². The minimum absolute atomic E-state index is 0.0789. The minimum atomic E-state index is -3.96. The second-order valence-electron chi connectivity index (χ2n) is 6.66. The molecule has 1 atom stereocenters. The lowest BCUT2D eigenvalue weighted by molar-refractivity contribution is -0.139. The highest BCUT2D eigenvalue weighted by Crippen LogP contribution is 2.22. The van der Waals surface area contributed by atoms with Gasteiger partial charge in [0.15, 0.2) is 0 Å². The van der Waals surface area contributed by atoms with Gasteiger partial charge in [-0.3, -0.25) is 13.9 Å². The van der Waals surface area contributed by atoms with Crippen LogP contribution >= 0.6 is 15.9 Å². The average Bonchev–Trinajstić information content (AvgIpc) is 2.70. The Bertz CT molecular complexity index is 1010. The number of carbonyl (C=O) groups is 2. The largest absolute Gasteiger partial charge is 0.357 e. The molecular weight excluding hydrogens is 477 g/mol. The van der Waals surface area contributed by atoms with Crippen LogP contribution < -0.4 is 9.62 Å². The maximum atomic E-state index is 14.2. The standard InChI is InChI=1S/C20H23BrFN3O4S/c1-14(20(27)23-2)24(12-15-8-10-16(21)11-9-15)19(26)13-25(30(3,28)29)18-7-5-4-6-17(18)22/h4-11,14H,12-13H2,1-3H3,(H,23,27)/t14-/m0/s1. The number of benzene rings is 2. The predicted molar refractivity (Wildman–Crippen MR) is 117 cm³/mol. The molecule has 0 radical (unpaired) electrons. The second-order valence-corrected chi connectivity index (χ2v) is 9.48. The fourth-order valence-corrected chi connectivity index (χ4v) is 3.94. The number of anilines is 1. The van der Waals surface area contributed by atoms with Gasteiger partial charge >= 0.3 is 0 Å². The van der Waals surface area contributed by atoms with Gasteiger partial charge < -0.3 is 10.2 Å². The maximum absolute atomic E-state index is 14.2. The van der Waals surface area contributed by atoms with Crippen LogP contribution in [-0.2, 0) is 26.2 Å². The first-order valence-electron chi connectivity index (χ1n) is 9.02. The van der Waals surface area contributed by atoms with E-state index >= 15 is 0 Å². The van der Waals surface area contributed by atoms with Gasteiger partial charge in [-0.2, -0.15) is 0 Å². The van der Waals surface area contributed by atoms with Crippen LogP contribution in [0.5, 0.6) is 0 Å². The van der Waals surface area contributed by atoms with E-state index in [0.29, 0.717) is 4.31 Å². The molecule has 10 heteroatoms. The van der Waals surface area contributed by atoms with Gasteiger partial charge in [-0.25, -0.2) is 12.8 Å². The Morgan fingerprint density at radius 1 is 1.13 bits per heavy atom. The van der Waals surface area contributed by atoms with E-state index in [4.69, 9.17) is 0 Å². The van der Waals surface area contributed by atoms with Gasteiger partial charge in [0.2, 0.25) is 21.8 Å². The van der Waals surface area contributed by atoms with Crippen molar-refractivity contribution in [3.63, 3.8) is 0 Å². The van der Waals surface area contributed by atoms with Crippen LogP contribution in [0.15, 0.2) is 53.0 Å². The molecule has 2 rings (SSSR count). The monoisotopic (exact) mass is 499 g/mol. The number of para-hydroxylation sites is 1. The summed E-state index contributed by atoms with van der Waals surface area (Å²) in [5.41, 5.74) is 0.517. The molecule has 0 heterocycles. The van der Waals surface area contributed by atoms with Crippen LogP contribution in [-0.4, -0.2) is 51.0 Å². The van der Waals surface area contributed by atoms with E-state index in [1.54, 1.807) is 31.2 Å². The number of halogens is 2. The first-order chi connectivity index (χ1) is 14.0. The quantitative estimate of drug-likeness (QED) is 0.604. The molecule has 0 aliphatic rings. The van der Waals surface area contributed by atoms with Crippen molar-refractivity contribution >= 4 is 43.5 Å². The Morgan fingerprint density at radius 3 is 2.27 bits per heavy atom. The summed E-state index contributed by atoms with van der Waals surface area (Å²) in [5, 5.41) is 2.49. The fourth-order valence-electron chi connectivity index (χ4n) is 2.83. The number of carbonyl (C=O) groups excluding carboxylic acids is 2. The zero-order valence-electron chi connectivity index (χ0n) is 16.8. The van der Waals surface area contributed by atoms with Crippen molar-refractivity contribution in [2.24, 2.45) is 0 Å². The molecule has 2 aromatic carbocycles. The highest BCUT2D eigenvalue weighted by Gasteiger charge is 2.30. The van der Waals surface area contributed by atoms with E-state index in [-0.39, 0.29) is 12.2 Å². The van der Waals surface area contributed by atoms with E-state index in [0.717, 1.165) is 22.4 Å². The average molecular weight is 500 g/mol. The third-order valence-electron chi connectivity index (χ3n) is 4.48. The number of nitrogens with zero attached hydrogens (tertiary/aromatic N) is 2. The van der Waals surface area contributed by atoms with Crippen molar-refractivity contribution in [2.45, 2.75) is 19.5 Å². The van der Waals surface area contributed by atoms with Gasteiger partial charge in [0, 0.05) is 18.1 Å². The van der Waals surface area contributed by atoms with E-state index in [1.807, 2.05) is 0 Å². The van der Waals surface area contributed by atoms with Crippen LogP contribution in [0.2, 0.25) is 0 Å². The molecule has 0 unspecified atom stereocenters. The molecule has 2 aromatic rings. The highest BCUT2D eigenvalue weighted by molar-refractivity contribution is 9.10. The third kappa shape index (κ3) is 6.02. The Balaban J connectivity index is 2.38. The SMILES string of the molecule is CNC(=O)[C@H](C)N(Cc1ccc(Br)cc1)C(=O)CN(c1ccccc1F)S(C)(=O)=O. The maximum Gasteiger partial charge on any atom is 0.244 e. The van der Waals surface area contributed by atoms with E-state index in [1.165, 1.54) is 30.1 Å². The summed E-state index contributed by atoms with van der Waals surface area (Å²) in [5.74, 6) is -1.81. The lowest BCUT2D eigenvalue weighted by Crippen LogP contribution is -2.50. The molecule has 0 spiro atoms. The topological polar surface area (TPSA) is 86.8 Å². The van der Waals surface area contributed by atoms with Gasteiger partial charge in [-0.1, -0.05) is 40.2 Å². The Hall–Kier alpha value is -2.46. The third-order valence-corrected chi connectivity index (χ3v) is 6.14. The molecule has 162 valence electrons. The molecule has 1 N–H and O–H groups in total. The zero-order chi connectivity index (χ0) is 22.5. The summed E-state index contributed by atoms with van der Waals surface area (Å²) in [6, 6.07) is 11.6. The summed E-state index contributed by atoms with van der Waals surface area (Å²) in [6.07, 6.45) is 0.897. The predicted octanol–water partition coefficient (Wildman–Crippen LogP) is 2.52. The van der Waals surface area contributed by atoms with Crippen LogP contribution in [0.4, 0.5) is 10.1 Å². The van der Waals surface area contributed by atoms with E-state index in [2.05, 4.69) is 21.2 Å². The molecule has 0 aliphatic carbocycles. The molecule has 2 amide bonds. The summed E-state index contributed by atoms with van der Waals surface area (Å²) < 4.78 is 40.4. The van der Waals surface area contributed by atoms with Crippen LogP contribution in [0.1, 0.15) is 12.5 Å². The molecule has 0 bridgehead atoms. The summed E-state index contributed by atoms with van der Waals surface area (Å²) in [4.78, 5) is 26.6. The number of hydrogen-bond acceptors (Lipinski definition) is 4. The summed E-state index contributed by atoms with van der Waals surface area (Å²) in [6.45, 7) is 0.983. The molecule has 0 fully saturated rings. The van der Waals surface area contributed by atoms with Crippen molar-refractivity contribution in [1.29, 1.82) is 0 Å². The zero-order valence-corrected chi connectivity index (χ0v) is 19.2. The van der Waals surface area contributed by atoms with Crippen molar-refractivity contribution in [1.82, 2.24) is 10.2 Å². The normalized spacial score (nSPS) is 12.2. The second kappa shape index (κ2) is 10.0. The van der Waals surface area contributed by atoms with Crippen molar-refractivity contribution in [3.05, 3.63) is 64.4 Å². The molecule has 0 saturated carbocycles. The number of hydrogen-bond donors (Lipinski definition) is 1. The van der Waals surface area contributed by atoms with E-state index < -0.39 is 40.2 Å². The number of likely N-dealkylation sites (N-methyl/N-ethyl adjacent to an activating group) is 1. The molecular formula is C20H23BrFN3O4S. The van der Waals surface area contributed by atoms with Gasteiger partial charge in [0.05, 0.1) is 11.9 Å². The highest BCUT2D eigenvalue weighted by atomic mass is 79.9. The molecule has 0 saturated heterocycles. The van der Waals surface area contributed by atoms with Crippen molar-refractivity contribution in [3.8, 4) is 0 Å². The summed E-state index contributed by atoms with van der Waals surface area (Å²) in [7, 11) is -2.51. The Kier molecular flexibility index (Phi) is 7.96. The first-order valence-corrected chi connectivity index (χ1v) is 11.7. The molecule has 7 nitrogen and oxygen atoms in total. The van der Waals surface area contributed by atoms with Crippen LogP contribution in [0, 0.1) is 5.82 Å². The summed E-state index contributed by atoms with van der Waals surface area (Å²) >= 11 is 3.34. The first kappa shape index (κ1) is 23.8. The van der Waals surface area contributed by atoms with Gasteiger partial charge in [-0.05, 0) is 36.8 Å². The number of amides is 2. The van der Waals surface area contributed by atoms with E-state index in [9.17, 15) is 22.4 Å². The number of nitrogens with one attached hydrogen (secondary N) is 1. The molecule has 0 aliphatic heterocycles. The minimum Gasteiger partial charge on any atom is -0.357 e. The number of rotatable bonds is 8. The Labute approximate surface area is 184 Å². The van der Waals surface area contributed by atoms with Gasteiger partial charge in [-0.15, -0.1) is 0 Å². The van der Waals surface area contributed by atoms with Crippen LogP contribution in [0.3, 0.4) is 0 Å². The van der Waals surface area contributed by atoms with Gasteiger partial charge in [0.1, 0.15) is 18.4 Å². The van der Waals surface area contributed by atoms with Crippen molar-refractivity contribution in [2.75, 3.05) is 24.2 Å². The lowest BCUT2D eigenvalue weighted by Gasteiger charge is -2.31. The van der Waals surface area contributed by atoms with Gasteiger partial charge in [0.25, 0.3) is 0 Å².